The van der Waals surface area contributed by atoms with Crippen LogP contribution >= 0.6 is 22.9 Å². The Labute approximate surface area is 195 Å². The zero-order chi connectivity index (χ0) is 23.4. The van der Waals surface area contributed by atoms with Crippen LogP contribution in [0.25, 0.3) is 11.0 Å². The molecule has 33 heavy (non-hydrogen) atoms. The van der Waals surface area contributed by atoms with E-state index in [2.05, 4.69) is 4.98 Å². The monoisotopic (exact) mass is 484 g/mol. The van der Waals surface area contributed by atoms with Crippen molar-refractivity contribution in [1.29, 1.82) is 0 Å². The number of hydrogen-bond donors (Lipinski definition) is 0. The van der Waals surface area contributed by atoms with Gasteiger partial charge < -0.3 is 9.15 Å². The molecule has 1 unspecified atom stereocenters. The first-order chi connectivity index (χ1) is 15.8. The Kier molecular flexibility index (Phi) is 5.02. The summed E-state index contributed by atoms with van der Waals surface area (Å²) in [5.41, 5.74) is 0.584. The molecule has 0 saturated carbocycles. The highest BCUT2D eigenvalue weighted by molar-refractivity contribution is 7.17. The van der Waals surface area contributed by atoms with Gasteiger partial charge >= 0.3 is 5.97 Å². The van der Waals surface area contributed by atoms with Crippen LogP contribution in [-0.2, 0) is 4.74 Å². The average Bonchev–Trinajstić information content (AvgIpc) is 3.32. The largest absolute Gasteiger partial charge is 0.465 e. The summed E-state index contributed by atoms with van der Waals surface area (Å²) in [6.45, 7) is 1.62. The molecule has 0 N–H and O–H groups in total. The highest BCUT2D eigenvalue weighted by Gasteiger charge is 2.45. The maximum Gasteiger partial charge on any atom is 0.350 e. The van der Waals surface area contributed by atoms with Gasteiger partial charge in [-0.3, -0.25) is 14.5 Å². The first kappa shape index (κ1) is 21.3. The molecule has 0 radical (unpaired) electrons. The van der Waals surface area contributed by atoms with Crippen molar-refractivity contribution in [3.05, 3.63) is 91.0 Å². The molecule has 166 valence electrons. The number of ether oxygens (including phenoxy) is 1. The van der Waals surface area contributed by atoms with Gasteiger partial charge in [-0.1, -0.05) is 35.1 Å². The number of thiazole rings is 1. The molecular formula is C23H14ClFN2O5S. The van der Waals surface area contributed by atoms with E-state index in [4.69, 9.17) is 20.8 Å². The molecule has 1 atom stereocenters. The molecule has 2 aromatic heterocycles. The second kappa shape index (κ2) is 7.79. The third-order valence-electron chi connectivity index (χ3n) is 5.38. The van der Waals surface area contributed by atoms with Crippen LogP contribution in [0.4, 0.5) is 9.52 Å². The van der Waals surface area contributed by atoms with Gasteiger partial charge in [0.25, 0.3) is 5.91 Å². The topological polar surface area (TPSA) is 89.7 Å². The summed E-state index contributed by atoms with van der Waals surface area (Å²) >= 11 is 7.01. The normalized spacial score (nSPS) is 15.2. The van der Waals surface area contributed by atoms with E-state index >= 15 is 0 Å². The van der Waals surface area contributed by atoms with E-state index in [1.54, 1.807) is 31.2 Å². The second-order valence-electron chi connectivity index (χ2n) is 7.35. The number of methoxy groups -OCH3 is 1. The average molecular weight is 485 g/mol. The number of rotatable bonds is 3. The van der Waals surface area contributed by atoms with Crippen molar-refractivity contribution in [2.45, 2.75) is 13.0 Å². The lowest BCUT2D eigenvalue weighted by molar-refractivity contribution is 0.0605. The lowest BCUT2D eigenvalue weighted by Gasteiger charge is -2.22. The smallest absolute Gasteiger partial charge is 0.350 e. The SMILES string of the molecule is COC(=O)c1sc(N2C(=O)c3oc4ccc(F)cc4c(=O)c3C2c2ccc(Cl)cc2)nc1C. The molecule has 7 nitrogen and oxygen atoms in total. The highest BCUT2D eigenvalue weighted by atomic mass is 35.5. The number of esters is 1. The lowest BCUT2D eigenvalue weighted by Crippen LogP contribution is -2.29. The van der Waals surface area contributed by atoms with Crippen LogP contribution in [0.3, 0.4) is 0 Å². The van der Waals surface area contributed by atoms with Crippen LogP contribution in [0.5, 0.6) is 0 Å². The van der Waals surface area contributed by atoms with Gasteiger partial charge in [-0.05, 0) is 42.8 Å². The molecular weight excluding hydrogens is 471 g/mol. The molecule has 5 rings (SSSR count). The zero-order valence-corrected chi connectivity index (χ0v) is 18.8. The van der Waals surface area contributed by atoms with Crippen LogP contribution < -0.4 is 10.3 Å². The molecule has 1 aliphatic rings. The van der Waals surface area contributed by atoms with Crippen LogP contribution in [0.15, 0.2) is 51.7 Å². The second-order valence-corrected chi connectivity index (χ2v) is 8.76. The molecule has 10 heteroatoms. The van der Waals surface area contributed by atoms with E-state index in [1.807, 2.05) is 0 Å². The molecule has 0 aliphatic carbocycles. The quantitative estimate of drug-likeness (QED) is 0.385. The van der Waals surface area contributed by atoms with Crippen molar-refractivity contribution in [1.82, 2.24) is 4.98 Å². The number of aryl methyl sites for hydroxylation is 1. The first-order valence-corrected chi connectivity index (χ1v) is 10.9. The Morgan fingerprint density at radius 3 is 2.64 bits per heavy atom. The fraction of sp³-hybridized carbons (Fsp3) is 0.130. The third kappa shape index (κ3) is 3.32. The van der Waals surface area contributed by atoms with E-state index in [-0.39, 0.29) is 32.3 Å². The Hall–Kier alpha value is -3.56. The summed E-state index contributed by atoms with van der Waals surface area (Å²) < 4.78 is 24.5. The molecule has 0 saturated heterocycles. The molecule has 2 aromatic carbocycles. The molecule has 4 aromatic rings. The van der Waals surface area contributed by atoms with E-state index in [1.165, 1.54) is 18.1 Å². The highest BCUT2D eigenvalue weighted by Crippen LogP contribution is 2.43. The summed E-state index contributed by atoms with van der Waals surface area (Å²) in [7, 11) is 1.25. The lowest BCUT2D eigenvalue weighted by atomic mass is 9.99. The first-order valence-electron chi connectivity index (χ1n) is 9.71. The van der Waals surface area contributed by atoms with Crippen molar-refractivity contribution >= 4 is 50.9 Å². The van der Waals surface area contributed by atoms with Gasteiger partial charge in [0.1, 0.15) is 16.3 Å². The van der Waals surface area contributed by atoms with Crippen LogP contribution in [0.2, 0.25) is 5.02 Å². The molecule has 3 heterocycles. The number of carbonyl (C=O) groups excluding carboxylic acids is 2. The van der Waals surface area contributed by atoms with Gasteiger partial charge in [0.05, 0.1) is 29.8 Å². The van der Waals surface area contributed by atoms with Gasteiger partial charge in [-0.2, -0.15) is 0 Å². The molecule has 1 aliphatic heterocycles. The Balaban J connectivity index is 1.78. The number of aromatic nitrogens is 1. The number of benzene rings is 2. The van der Waals surface area contributed by atoms with Gasteiger partial charge in [-0.25, -0.2) is 14.2 Å². The van der Waals surface area contributed by atoms with Gasteiger partial charge in [-0.15, -0.1) is 0 Å². The molecule has 0 bridgehead atoms. The van der Waals surface area contributed by atoms with E-state index in [0.29, 0.717) is 16.3 Å². The summed E-state index contributed by atoms with van der Waals surface area (Å²) in [6, 6.07) is 9.25. The van der Waals surface area contributed by atoms with Gasteiger partial charge in [0, 0.05) is 5.02 Å². The van der Waals surface area contributed by atoms with Crippen molar-refractivity contribution in [2.75, 3.05) is 12.0 Å². The predicted octanol–water partition coefficient (Wildman–Crippen LogP) is 4.89. The minimum Gasteiger partial charge on any atom is -0.465 e. The third-order valence-corrected chi connectivity index (χ3v) is 6.77. The fourth-order valence-electron chi connectivity index (χ4n) is 3.87. The van der Waals surface area contributed by atoms with Gasteiger partial charge in [0.15, 0.2) is 10.6 Å². The fourth-order valence-corrected chi connectivity index (χ4v) is 5.01. The number of halogens is 2. The summed E-state index contributed by atoms with van der Waals surface area (Å²) in [6.07, 6.45) is 0. The number of hydrogen-bond acceptors (Lipinski definition) is 7. The molecule has 0 fully saturated rings. The minimum atomic E-state index is -0.912. The van der Waals surface area contributed by atoms with Crippen LogP contribution in [0, 0.1) is 12.7 Å². The molecule has 0 spiro atoms. The van der Waals surface area contributed by atoms with Crippen molar-refractivity contribution in [2.24, 2.45) is 0 Å². The number of amides is 1. The maximum absolute atomic E-state index is 13.9. The molecule has 1 amide bonds. The number of fused-ring (bicyclic) bond motifs is 2. The summed E-state index contributed by atoms with van der Waals surface area (Å²) in [4.78, 5) is 45.0. The summed E-state index contributed by atoms with van der Waals surface area (Å²) in [5, 5.41) is 0.687. The number of nitrogens with zero attached hydrogens (tertiary/aromatic N) is 2. The van der Waals surface area contributed by atoms with Crippen molar-refractivity contribution < 1.29 is 23.1 Å². The predicted molar refractivity (Wildman–Crippen MR) is 121 cm³/mol. The van der Waals surface area contributed by atoms with Crippen molar-refractivity contribution in [3.8, 4) is 0 Å². The van der Waals surface area contributed by atoms with Gasteiger partial charge in [0.2, 0.25) is 5.76 Å². The van der Waals surface area contributed by atoms with E-state index in [0.717, 1.165) is 23.5 Å². The Morgan fingerprint density at radius 2 is 1.94 bits per heavy atom. The minimum absolute atomic E-state index is 0.0212. The van der Waals surface area contributed by atoms with Crippen molar-refractivity contribution in [3.63, 3.8) is 0 Å². The summed E-state index contributed by atoms with van der Waals surface area (Å²) in [5.74, 6) is -1.94. The number of anilines is 1. The van der Waals surface area contributed by atoms with Crippen LogP contribution in [-0.4, -0.2) is 24.0 Å². The van der Waals surface area contributed by atoms with E-state index in [9.17, 15) is 18.8 Å². The Bertz CT molecular complexity index is 1510. The Morgan fingerprint density at radius 1 is 1.21 bits per heavy atom. The van der Waals surface area contributed by atoms with E-state index < -0.39 is 29.2 Å². The maximum atomic E-state index is 13.9. The standard InChI is InChI=1S/C23H14ClFN2O5S/c1-10-20(22(30)31-2)33-23(26-10)27-17(11-3-5-12(24)6-4-11)16-18(28)14-9-13(25)7-8-15(14)32-19(16)21(27)29/h3-9,17H,1-2H3. The number of carbonyl (C=O) groups is 2. The van der Waals surface area contributed by atoms with Crippen LogP contribution in [0.1, 0.15) is 43.1 Å². The zero-order valence-electron chi connectivity index (χ0n) is 17.2.